The highest BCUT2D eigenvalue weighted by molar-refractivity contribution is 5.50. The van der Waals surface area contributed by atoms with E-state index < -0.39 is 0 Å². The lowest BCUT2D eigenvalue weighted by Crippen LogP contribution is -2.46. The monoisotopic (exact) mass is 261 g/mol. The summed E-state index contributed by atoms with van der Waals surface area (Å²) in [6, 6.07) is 6.81. The van der Waals surface area contributed by atoms with E-state index in [4.69, 9.17) is 10.5 Å². The molecule has 0 spiro atoms. The number of rotatable bonds is 4. The molecule has 0 atom stereocenters. The van der Waals surface area contributed by atoms with Crippen LogP contribution in [0.3, 0.4) is 0 Å². The number of hydrogen-bond acceptors (Lipinski definition) is 4. The minimum absolute atomic E-state index is 0.866. The van der Waals surface area contributed by atoms with E-state index in [1.165, 1.54) is 31.5 Å². The number of nitrogen functional groups attached to an aromatic ring is 1. The van der Waals surface area contributed by atoms with Crippen LogP contribution in [0.25, 0.3) is 0 Å². The molecule has 0 unspecified atom stereocenters. The zero-order chi connectivity index (χ0) is 13.2. The molecule has 2 N–H and O–H groups in total. The lowest BCUT2D eigenvalue weighted by Gasteiger charge is -2.35. The van der Waals surface area contributed by atoms with Gasteiger partial charge >= 0.3 is 0 Å². The lowest BCUT2D eigenvalue weighted by atomic mass is 10.1. The van der Waals surface area contributed by atoms with E-state index in [1.54, 1.807) is 7.11 Å². The van der Waals surface area contributed by atoms with Gasteiger partial charge in [-0.15, -0.1) is 0 Å². The van der Waals surface area contributed by atoms with E-state index in [-0.39, 0.29) is 0 Å². The second-order valence-electron chi connectivity index (χ2n) is 5.61. The first-order chi connectivity index (χ1) is 9.26. The van der Waals surface area contributed by atoms with Crippen LogP contribution in [0.2, 0.25) is 0 Å². The fourth-order valence-electron chi connectivity index (χ4n) is 2.81. The quantitative estimate of drug-likeness (QED) is 0.835. The minimum atomic E-state index is 0.866. The van der Waals surface area contributed by atoms with Gasteiger partial charge in [0.05, 0.1) is 7.11 Å². The summed E-state index contributed by atoms with van der Waals surface area (Å²) in [6.07, 6.45) is 2.81. The lowest BCUT2D eigenvalue weighted by molar-refractivity contribution is 0.121. The molecule has 0 bridgehead atoms. The summed E-state index contributed by atoms with van der Waals surface area (Å²) in [7, 11) is 1.70. The summed E-state index contributed by atoms with van der Waals surface area (Å²) in [5.41, 5.74) is 8.10. The van der Waals surface area contributed by atoms with Crippen molar-refractivity contribution in [3.8, 4) is 5.75 Å². The van der Waals surface area contributed by atoms with Gasteiger partial charge in [-0.05, 0) is 36.6 Å². The van der Waals surface area contributed by atoms with E-state index in [9.17, 15) is 0 Å². The molecule has 2 aliphatic rings. The zero-order valence-corrected chi connectivity index (χ0v) is 11.6. The molecular weight excluding hydrogens is 238 g/mol. The SMILES string of the molecule is COc1ccc(N)c(CN2CCN(C3CC3)CC2)c1. The molecule has 4 heteroatoms. The summed E-state index contributed by atoms with van der Waals surface area (Å²) in [5, 5.41) is 0. The maximum Gasteiger partial charge on any atom is 0.119 e. The fraction of sp³-hybridized carbons (Fsp3) is 0.600. The van der Waals surface area contributed by atoms with Gasteiger partial charge < -0.3 is 10.5 Å². The second kappa shape index (κ2) is 5.39. The Morgan fingerprint density at radius 3 is 2.58 bits per heavy atom. The average molecular weight is 261 g/mol. The number of piperazine rings is 1. The highest BCUT2D eigenvalue weighted by atomic mass is 16.5. The van der Waals surface area contributed by atoms with Crippen LogP contribution in [0.15, 0.2) is 18.2 Å². The van der Waals surface area contributed by atoms with Gasteiger partial charge in [0.15, 0.2) is 0 Å². The van der Waals surface area contributed by atoms with Gasteiger partial charge in [-0.3, -0.25) is 9.80 Å². The summed E-state index contributed by atoms with van der Waals surface area (Å²) in [5.74, 6) is 0.890. The van der Waals surface area contributed by atoms with Crippen molar-refractivity contribution < 1.29 is 4.74 Å². The van der Waals surface area contributed by atoms with Crippen LogP contribution >= 0.6 is 0 Å². The molecule has 1 heterocycles. The molecule has 1 aromatic carbocycles. The molecule has 0 radical (unpaired) electrons. The molecule has 0 amide bonds. The van der Waals surface area contributed by atoms with Crippen molar-refractivity contribution in [3.05, 3.63) is 23.8 Å². The highest BCUT2D eigenvalue weighted by Gasteiger charge is 2.31. The molecule has 0 aromatic heterocycles. The summed E-state index contributed by atoms with van der Waals surface area (Å²) < 4.78 is 5.27. The van der Waals surface area contributed by atoms with Gasteiger partial charge in [-0.1, -0.05) is 0 Å². The average Bonchev–Trinajstić information content (AvgIpc) is 3.27. The molecule has 1 aliphatic heterocycles. The van der Waals surface area contributed by atoms with E-state index in [0.717, 1.165) is 37.1 Å². The smallest absolute Gasteiger partial charge is 0.119 e. The van der Waals surface area contributed by atoms with Crippen LogP contribution in [0, 0.1) is 0 Å². The third-order valence-corrected chi connectivity index (χ3v) is 4.21. The van der Waals surface area contributed by atoms with Gasteiger partial charge in [0, 0.05) is 44.5 Å². The van der Waals surface area contributed by atoms with Crippen LogP contribution in [-0.4, -0.2) is 49.1 Å². The van der Waals surface area contributed by atoms with E-state index in [2.05, 4.69) is 15.9 Å². The Kier molecular flexibility index (Phi) is 3.62. The van der Waals surface area contributed by atoms with Gasteiger partial charge in [-0.2, -0.15) is 0 Å². The summed E-state index contributed by atoms with van der Waals surface area (Å²) in [4.78, 5) is 5.12. The minimum Gasteiger partial charge on any atom is -0.497 e. The Hall–Kier alpha value is -1.26. The second-order valence-corrected chi connectivity index (χ2v) is 5.61. The molecule has 2 fully saturated rings. The van der Waals surface area contributed by atoms with Crippen molar-refractivity contribution in [1.29, 1.82) is 0 Å². The number of nitrogens with two attached hydrogens (primary N) is 1. The Bertz CT molecular complexity index is 437. The van der Waals surface area contributed by atoms with E-state index in [0.29, 0.717) is 0 Å². The standard InChI is InChI=1S/C15H23N3O/c1-19-14-4-5-15(16)12(10-14)11-17-6-8-18(9-7-17)13-2-3-13/h4-5,10,13H,2-3,6-9,11,16H2,1H3. The van der Waals surface area contributed by atoms with Crippen molar-refractivity contribution >= 4 is 5.69 Å². The predicted molar refractivity (Wildman–Crippen MR) is 77.3 cm³/mol. The van der Waals surface area contributed by atoms with E-state index >= 15 is 0 Å². The third-order valence-electron chi connectivity index (χ3n) is 4.21. The number of ether oxygens (including phenoxy) is 1. The van der Waals surface area contributed by atoms with E-state index in [1.807, 2.05) is 12.1 Å². The molecule has 19 heavy (non-hydrogen) atoms. The molecule has 1 aliphatic carbocycles. The van der Waals surface area contributed by atoms with Gasteiger partial charge in [0.1, 0.15) is 5.75 Å². The molecule has 1 saturated carbocycles. The molecule has 3 rings (SSSR count). The first kappa shape index (κ1) is 12.8. The normalized spacial score (nSPS) is 21.5. The number of hydrogen-bond donors (Lipinski definition) is 1. The Labute approximate surface area is 115 Å². The van der Waals surface area contributed by atoms with Crippen molar-refractivity contribution in [2.45, 2.75) is 25.4 Å². The molecule has 4 nitrogen and oxygen atoms in total. The van der Waals surface area contributed by atoms with Crippen LogP contribution < -0.4 is 10.5 Å². The maximum atomic E-state index is 6.05. The van der Waals surface area contributed by atoms with Crippen LogP contribution in [0.5, 0.6) is 5.75 Å². The Morgan fingerprint density at radius 2 is 1.95 bits per heavy atom. The Morgan fingerprint density at radius 1 is 1.21 bits per heavy atom. The van der Waals surface area contributed by atoms with Crippen molar-refractivity contribution in [3.63, 3.8) is 0 Å². The topological polar surface area (TPSA) is 41.7 Å². The molecule has 1 saturated heterocycles. The number of methoxy groups -OCH3 is 1. The first-order valence-corrected chi connectivity index (χ1v) is 7.15. The fourth-order valence-corrected chi connectivity index (χ4v) is 2.81. The summed E-state index contributed by atoms with van der Waals surface area (Å²) in [6.45, 7) is 5.63. The maximum absolute atomic E-state index is 6.05. The first-order valence-electron chi connectivity index (χ1n) is 7.15. The molecule has 104 valence electrons. The molecular formula is C15H23N3O. The van der Waals surface area contributed by atoms with Gasteiger partial charge in [0.2, 0.25) is 0 Å². The van der Waals surface area contributed by atoms with Gasteiger partial charge in [0.25, 0.3) is 0 Å². The van der Waals surface area contributed by atoms with Crippen molar-refractivity contribution in [2.75, 3.05) is 39.0 Å². The van der Waals surface area contributed by atoms with Gasteiger partial charge in [-0.25, -0.2) is 0 Å². The predicted octanol–water partition coefficient (Wildman–Crippen LogP) is 1.56. The third kappa shape index (κ3) is 3.01. The van der Waals surface area contributed by atoms with Crippen molar-refractivity contribution in [2.24, 2.45) is 0 Å². The zero-order valence-electron chi connectivity index (χ0n) is 11.6. The molecule has 1 aromatic rings. The highest BCUT2D eigenvalue weighted by Crippen LogP contribution is 2.28. The number of benzene rings is 1. The van der Waals surface area contributed by atoms with Crippen molar-refractivity contribution in [1.82, 2.24) is 9.80 Å². The Balaban J connectivity index is 1.59. The van der Waals surface area contributed by atoms with Crippen LogP contribution in [0.1, 0.15) is 18.4 Å². The largest absolute Gasteiger partial charge is 0.497 e. The van der Waals surface area contributed by atoms with Crippen LogP contribution in [-0.2, 0) is 6.54 Å². The summed E-state index contributed by atoms with van der Waals surface area (Å²) >= 11 is 0. The van der Waals surface area contributed by atoms with Crippen LogP contribution in [0.4, 0.5) is 5.69 Å². The number of nitrogens with zero attached hydrogens (tertiary/aromatic N) is 2. The number of anilines is 1.